The van der Waals surface area contributed by atoms with Gasteiger partial charge in [-0.25, -0.2) is 4.98 Å². The number of carbonyl (C=O) groups excluding carboxylic acids is 1. The normalized spacial score (nSPS) is 14.3. The molecule has 0 bridgehead atoms. The molecule has 1 aliphatic rings. The molecule has 1 fully saturated rings. The number of amides is 1. The lowest BCUT2D eigenvalue weighted by atomic mass is 10.3. The fourth-order valence-corrected chi connectivity index (χ4v) is 4.79. The smallest absolute Gasteiger partial charge is 0.276 e. The number of halogens is 1. The third kappa shape index (κ3) is 3.39. The number of benzene rings is 1. The molecule has 2 aromatic heterocycles. The fraction of sp³-hybridized carbons (Fsp3) is 0.278. The average Bonchev–Trinajstić information content (AvgIpc) is 3.32. The highest BCUT2D eigenvalue weighted by Crippen LogP contribution is 2.25. The van der Waals surface area contributed by atoms with E-state index in [2.05, 4.69) is 4.98 Å². The third-order valence-electron chi connectivity index (χ3n) is 4.32. The van der Waals surface area contributed by atoms with E-state index in [1.54, 1.807) is 28.8 Å². The summed E-state index contributed by atoms with van der Waals surface area (Å²) in [5, 5.41) is 2.98. The summed E-state index contributed by atoms with van der Waals surface area (Å²) in [5.74, 6) is 0.366. The van der Waals surface area contributed by atoms with Crippen molar-refractivity contribution in [3.8, 4) is 5.69 Å². The number of rotatable bonds is 4. The SMILES string of the molecule is O=C(CSc1nc2ccsc2c(=O)n1-c1ccc(Cl)cc1)N1CCCC1. The standard InChI is InChI=1S/C18H16ClN3O2S2/c19-12-3-5-13(6-4-12)22-17(24)16-14(7-10-25-16)20-18(22)26-11-15(23)21-8-1-2-9-21/h3-7,10H,1-2,8-9,11H2. The van der Waals surface area contributed by atoms with Gasteiger partial charge in [0.1, 0.15) is 4.70 Å². The van der Waals surface area contributed by atoms with Crippen LogP contribution in [0.3, 0.4) is 0 Å². The molecule has 1 aromatic carbocycles. The zero-order valence-corrected chi connectivity index (χ0v) is 16.2. The van der Waals surface area contributed by atoms with E-state index in [4.69, 9.17) is 11.6 Å². The van der Waals surface area contributed by atoms with Crippen molar-refractivity contribution in [2.24, 2.45) is 0 Å². The van der Waals surface area contributed by atoms with E-state index in [1.807, 2.05) is 16.3 Å². The van der Waals surface area contributed by atoms with Gasteiger partial charge in [0.2, 0.25) is 5.91 Å². The fourth-order valence-electron chi connectivity index (χ4n) is 2.99. The van der Waals surface area contributed by atoms with E-state index in [1.165, 1.54) is 23.1 Å². The molecule has 0 unspecified atom stereocenters. The maximum atomic E-state index is 13.0. The van der Waals surface area contributed by atoms with Crippen molar-refractivity contribution in [1.82, 2.24) is 14.5 Å². The molecule has 0 radical (unpaired) electrons. The summed E-state index contributed by atoms with van der Waals surface area (Å²) < 4.78 is 2.17. The van der Waals surface area contributed by atoms with Gasteiger partial charge < -0.3 is 4.90 Å². The van der Waals surface area contributed by atoms with Crippen molar-refractivity contribution in [2.75, 3.05) is 18.8 Å². The maximum Gasteiger partial charge on any atom is 0.276 e. The number of hydrogen-bond acceptors (Lipinski definition) is 5. The van der Waals surface area contributed by atoms with E-state index in [0.29, 0.717) is 26.1 Å². The Bertz CT molecular complexity index is 1010. The highest BCUT2D eigenvalue weighted by molar-refractivity contribution is 7.99. The number of thiophene rings is 1. The Kier molecular flexibility index (Phi) is 5.02. The second-order valence-corrected chi connectivity index (χ2v) is 8.32. The molecular weight excluding hydrogens is 390 g/mol. The Hall–Kier alpha value is -1.83. The molecule has 3 aromatic rings. The van der Waals surface area contributed by atoms with Crippen LogP contribution in [-0.2, 0) is 4.79 Å². The molecule has 0 N–H and O–H groups in total. The maximum absolute atomic E-state index is 13.0. The van der Waals surface area contributed by atoms with Gasteiger partial charge in [-0.05, 0) is 48.6 Å². The van der Waals surface area contributed by atoms with Crippen LogP contribution < -0.4 is 5.56 Å². The monoisotopic (exact) mass is 405 g/mol. The predicted molar refractivity (Wildman–Crippen MR) is 107 cm³/mol. The van der Waals surface area contributed by atoms with Crippen molar-refractivity contribution in [2.45, 2.75) is 18.0 Å². The molecule has 8 heteroatoms. The summed E-state index contributed by atoms with van der Waals surface area (Å²) in [7, 11) is 0. The lowest BCUT2D eigenvalue weighted by molar-refractivity contribution is -0.127. The summed E-state index contributed by atoms with van der Waals surface area (Å²) in [5.41, 5.74) is 1.24. The second-order valence-electron chi connectivity index (χ2n) is 6.02. The lowest BCUT2D eigenvalue weighted by Gasteiger charge is -2.16. The molecule has 1 amide bonds. The summed E-state index contributed by atoms with van der Waals surface area (Å²) in [4.78, 5) is 31.9. The summed E-state index contributed by atoms with van der Waals surface area (Å²) in [6, 6.07) is 8.89. The number of likely N-dealkylation sites (tertiary alicyclic amines) is 1. The van der Waals surface area contributed by atoms with Crippen molar-refractivity contribution in [3.05, 3.63) is 51.1 Å². The van der Waals surface area contributed by atoms with Crippen LogP contribution in [0.1, 0.15) is 12.8 Å². The second kappa shape index (κ2) is 7.42. The van der Waals surface area contributed by atoms with Gasteiger partial charge in [-0.15, -0.1) is 11.3 Å². The Balaban J connectivity index is 1.72. The number of carbonyl (C=O) groups is 1. The molecule has 26 heavy (non-hydrogen) atoms. The van der Waals surface area contributed by atoms with Gasteiger partial charge in [0.25, 0.3) is 5.56 Å². The van der Waals surface area contributed by atoms with Gasteiger partial charge >= 0.3 is 0 Å². The Labute approximate surface area is 163 Å². The first-order valence-corrected chi connectivity index (χ1v) is 10.5. The van der Waals surface area contributed by atoms with Crippen molar-refractivity contribution in [1.29, 1.82) is 0 Å². The van der Waals surface area contributed by atoms with E-state index < -0.39 is 0 Å². The van der Waals surface area contributed by atoms with E-state index in [-0.39, 0.29) is 17.2 Å². The molecule has 1 aliphatic heterocycles. The summed E-state index contributed by atoms with van der Waals surface area (Å²) in [6.07, 6.45) is 2.12. The zero-order valence-electron chi connectivity index (χ0n) is 13.9. The van der Waals surface area contributed by atoms with Crippen LogP contribution in [-0.4, -0.2) is 39.2 Å². The lowest BCUT2D eigenvalue weighted by Crippen LogP contribution is -2.29. The number of nitrogens with zero attached hydrogens (tertiary/aromatic N) is 3. The van der Waals surface area contributed by atoms with Crippen LogP contribution in [0.4, 0.5) is 0 Å². The third-order valence-corrected chi connectivity index (χ3v) is 6.38. The molecule has 0 aliphatic carbocycles. The topological polar surface area (TPSA) is 55.2 Å². The highest BCUT2D eigenvalue weighted by atomic mass is 35.5. The van der Waals surface area contributed by atoms with Gasteiger partial charge in [-0.2, -0.15) is 0 Å². The highest BCUT2D eigenvalue weighted by Gasteiger charge is 2.20. The molecule has 1 saturated heterocycles. The van der Waals surface area contributed by atoms with Gasteiger partial charge in [0.05, 0.1) is 17.0 Å². The first-order chi connectivity index (χ1) is 12.6. The largest absolute Gasteiger partial charge is 0.342 e. The first-order valence-electron chi connectivity index (χ1n) is 8.30. The number of fused-ring (bicyclic) bond motifs is 1. The molecule has 4 rings (SSSR count). The van der Waals surface area contributed by atoms with Crippen LogP contribution in [0.25, 0.3) is 15.9 Å². The molecule has 0 saturated carbocycles. The molecule has 0 atom stereocenters. The molecule has 0 spiro atoms. The van der Waals surface area contributed by atoms with Crippen LogP contribution in [0.2, 0.25) is 5.02 Å². The van der Waals surface area contributed by atoms with Crippen molar-refractivity contribution >= 4 is 50.8 Å². The minimum atomic E-state index is -0.122. The van der Waals surface area contributed by atoms with E-state index in [9.17, 15) is 9.59 Å². The summed E-state index contributed by atoms with van der Waals surface area (Å²) in [6.45, 7) is 1.64. The van der Waals surface area contributed by atoms with E-state index in [0.717, 1.165) is 25.9 Å². The predicted octanol–water partition coefficient (Wildman–Crippen LogP) is 3.82. The van der Waals surface area contributed by atoms with E-state index >= 15 is 0 Å². The van der Waals surface area contributed by atoms with Crippen LogP contribution in [0.5, 0.6) is 0 Å². The minimum Gasteiger partial charge on any atom is -0.342 e. The average molecular weight is 406 g/mol. The van der Waals surface area contributed by atoms with Crippen molar-refractivity contribution < 1.29 is 4.79 Å². The number of hydrogen-bond donors (Lipinski definition) is 0. The van der Waals surface area contributed by atoms with Crippen LogP contribution in [0, 0.1) is 0 Å². The van der Waals surface area contributed by atoms with Crippen molar-refractivity contribution in [3.63, 3.8) is 0 Å². The minimum absolute atomic E-state index is 0.0924. The van der Waals surface area contributed by atoms with Gasteiger partial charge in [-0.1, -0.05) is 23.4 Å². The molecule has 134 valence electrons. The van der Waals surface area contributed by atoms with Gasteiger partial charge in [0.15, 0.2) is 5.16 Å². The quantitative estimate of drug-likeness (QED) is 0.489. The first kappa shape index (κ1) is 17.6. The number of thioether (sulfide) groups is 1. The van der Waals surface area contributed by atoms with Crippen LogP contribution >= 0.6 is 34.7 Å². The molecular formula is C18H16ClN3O2S2. The molecule has 3 heterocycles. The zero-order chi connectivity index (χ0) is 18.1. The Morgan fingerprint density at radius 2 is 1.92 bits per heavy atom. The molecule has 5 nitrogen and oxygen atoms in total. The van der Waals surface area contributed by atoms with Gasteiger partial charge in [0, 0.05) is 18.1 Å². The Morgan fingerprint density at radius 3 is 2.65 bits per heavy atom. The summed E-state index contributed by atoms with van der Waals surface area (Å²) >= 11 is 8.65. The number of aromatic nitrogens is 2. The van der Waals surface area contributed by atoms with Crippen LogP contribution in [0.15, 0.2) is 45.7 Å². The Morgan fingerprint density at radius 1 is 1.19 bits per heavy atom. The van der Waals surface area contributed by atoms with Gasteiger partial charge in [-0.3, -0.25) is 14.2 Å².